The Labute approximate surface area is 261 Å². The number of Topliss-reactive ketones (excluding diaryl/α,β-unsaturated/α-hetero) is 1. The summed E-state index contributed by atoms with van der Waals surface area (Å²) in [4.78, 5) is 78.6. The van der Waals surface area contributed by atoms with Gasteiger partial charge in [0.1, 0.15) is 17.7 Å². The van der Waals surface area contributed by atoms with E-state index in [1.54, 1.807) is 26.1 Å². The summed E-state index contributed by atoms with van der Waals surface area (Å²) < 4.78 is 46.1. The number of primary amides is 1. The van der Waals surface area contributed by atoms with Crippen LogP contribution < -0.4 is 21.7 Å². The van der Waals surface area contributed by atoms with Crippen molar-refractivity contribution >= 4 is 35.5 Å². The van der Waals surface area contributed by atoms with Crippen LogP contribution in [0.4, 0.5) is 18.0 Å². The number of carbonyl (C=O) groups excluding carboxylic acids is 6. The highest BCUT2D eigenvalue weighted by molar-refractivity contribution is 6.37. The molecule has 0 aromatic carbocycles. The maximum atomic E-state index is 14.0. The van der Waals surface area contributed by atoms with Gasteiger partial charge in [-0.15, -0.1) is 0 Å². The van der Waals surface area contributed by atoms with Gasteiger partial charge in [0, 0.05) is 6.54 Å². The Morgan fingerprint density at radius 3 is 1.93 bits per heavy atom. The van der Waals surface area contributed by atoms with E-state index in [4.69, 9.17) is 10.5 Å². The first-order valence-corrected chi connectivity index (χ1v) is 15.2. The normalized spacial score (nSPS) is 24.7. The summed E-state index contributed by atoms with van der Waals surface area (Å²) >= 11 is 0. The minimum atomic E-state index is -5.19. The smallest absolute Gasteiger partial charge is 0.419 e. The highest BCUT2D eigenvalue weighted by atomic mass is 19.4. The van der Waals surface area contributed by atoms with Crippen molar-refractivity contribution in [2.75, 3.05) is 6.54 Å². The molecular weight excluding hydrogens is 599 g/mol. The lowest BCUT2D eigenvalue weighted by Crippen LogP contribution is -2.63. The summed E-state index contributed by atoms with van der Waals surface area (Å²) in [6, 6.07) is -8.08. The van der Waals surface area contributed by atoms with Crippen LogP contribution in [0, 0.1) is 28.6 Å². The van der Waals surface area contributed by atoms with Gasteiger partial charge in [-0.1, -0.05) is 53.9 Å². The molecule has 2 aliphatic carbocycles. The van der Waals surface area contributed by atoms with Crippen LogP contribution in [0.1, 0.15) is 81.1 Å². The molecule has 1 saturated heterocycles. The predicted octanol–water partition coefficient (Wildman–Crippen LogP) is 2.19. The fourth-order valence-electron chi connectivity index (χ4n) is 6.29. The van der Waals surface area contributed by atoms with Gasteiger partial charge in [-0.05, 0) is 55.8 Å². The van der Waals surface area contributed by atoms with Crippen LogP contribution in [-0.2, 0) is 28.7 Å². The van der Waals surface area contributed by atoms with Crippen molar-refractivity contribution in [3.63, 3.8) is 0 Å². The Morgan fingerprint density at radius 2 is 1.49 bits per heavy atom. The van der Waals surface area contributed by atoms with Gasteiger partial charge in [0.25, 0.3) is 5.91 Å². The molecule has 5 amide bonds. The van der Waals surface area contributed by atoms with Gasteiger partial charge in [-0.2, -0.15) is 13.2 Å². The molecule has 12 nitrogen and oxygen atoms in total. The van der Waals surface area contributed by atoms with E-state index in [0.717, 1.165) is 19.3 Å². The number of nitrogens with two attached hydrogens (primary N) is 1. The van der Waals surface area contributed by atoms with E-state index in [1.165, 1.54) is 25.7 Å². The number of esters is 1. The number of amides is 5. The topological polar surface area (TPSA) is 177 Å². The number of fused-ring (bicyclic) bond motifs is 1. The fraction of sp³-hybridized carbons (Fsp3) is 0.800. The Kier molecular flexibility index (Phi) is 9.96. The third-order valence-corrected chi connectivity index (χ3v) is 9.06. The summed E-state index contributed by atoms with van der Waals surface area (Å²) in [5.41, 5.74) is 2.61. The number of nitrogens with zero attached hydrogens (tertiary/aromatic N) is 1. The maximum absolute atomic E-state index is 14.0. The number of piperidine rings is 1. The number of ether oxygens (including phenoxy) is 1. The fourth-order valence-corrected chi connectivity index (χ4v) is 6.29. The highest BCUT2D eigenvalue weighted by Crippen LogP contribution is 2.65. The molecular formula is C30H46F3N5O7. The summed E-state index contributed by atoms with van der Waals surface area (Å²) in [5.74, 6) is -5.47. The van der Waals surface area contributed by atoms with E-state index in [-0.39, 0.29) is 36.1 Å². The highest BCUT2D eigenvalue weighted by Gasteiger charge is 2.70. The van der Waals surface area contributed by atoms with E-state index in [9.17, 15) is 41.9 Å². The van der Waals surface area contributed by atoms with Crippen molar-refractivity contribution in [2.45, 2.75) is 117 Å². The Bertz CT molecular complexity index is 1220. The lowest BCUT2D eigenvalue weighted by molar-refractivity contribution is -0.190. The second-order valence-electron chi connectivity index (χ2n) is 15.1. The molecule has 15 heteroatoms. The van der Waals surface area contributed by atoms with Gasteiger partial charge >= 0.3 is 18.2 Å². The van der Waals surface area contributed by atoms with Gasteiger partial charge in [0.15, 0.2) is 0 Å². The third kappa shape index (κ3) is 8.26. The van der Waals surface area contributed by atoms with Gasteiger partial charge < -0.3 is 31.3 Å². The zero-order chi connectivity index (χ0) is 34.4. The zero-order valence-corrected chi connectivity index (χ0v) is 27.1. The summed E-state index contributed by atoms with van der Waals surface area (Å²) in [6.45, 7) is 12.9. The van der Waals surface area contributed by atoms with Crippen LogP contribution in [0.15, 0.2) is 0 Å². The second kappa shape index (κ2) is 12.4. The number of hydrogen-bond acceptors (Lipinski definition) is 7. The average Bonchev–Trinajstić information content (AvgIpc) is 3.17. The van der Waals surface area contributed by atoms with Crippen molar-refractivity contribution in [2.24, 2.45) is 34.3 Å². The Balaban J connectivity index is 1.84. The number of urea groups is 1. The lowest BCUT2D eigenvalue weighted by atomic mass is 9.80. The van der Waals surface area contributed by atoms with Crippen molar-refractivity contribution < 1.29 is 46.7 Å². The third-order valence-electron chi connectivity index (χ3n) is 9.06. The number of halogens is 3. The number of nitrogens with one attached hydrogen (secondary N) is 3. The van der Waals surface area contributed by atoms with E-state index in [0.29, 0.717) is 0 Å². The molecule has 2 saturated carbocycles. The van der Waals surface area contributed by atoms with Crippen LogP contribution in [0.3, 0.4) is 0 Å². The number of rotatable bonds is 10. The van der Waals surface area contributed by atoms with E-state index < -0.39 is 76.9 Å². The van der Waals surface area contributed by atoms with Crippen LogP contribution in [0.25, 0.3) is 0 Å². The molecule has 1 aliphatic heterocycles. The van der Waals surface area contributed by atoms with Crippen LogP contribution in [0.2, 0.25) is 0 Å². The Morgan fingerprint density at radius 1 is 0.933 bits per heavy atom. The molecule has 0 spiro atoms. The Hall–Kier alpha value is -3.39. The maximum Gasteiger partial charge on any atom is 0.419 e. The van der Waals surface area contributed by atoms with E-state index in [1.807, 2.05) is 13.8 Å². The van der Waals surface area contributed by atoms with Gasteiger partial charge in [0.05, 0.1) is 6.04 Å². The number of ketones is 1. The lowest BCUT2D eigenvalue weighted by Gasteiger charge is -2.38. The monoisotopic (exact) mass is 645 g/mol. The quantitative estimate of drug-likeness (QED) is 0.208. The standard InChI is InChI=1S/C30H46F3N5O7/c1-27(2,3)20(36-26(44)37-21(30(31,32)33)25(43)45-28(4,5)6)24(42)38-13-15-17(29(15,7)8)18(38)23(41)35-16(19(39)22(34)40)12-14-10-9-11-14/h14-18,20-21H,9-13H2,1-8H3,(H2,34,40)(H,35,41)(H2,36,37,44)/t15-,16?,17-,18-,20+,21?/m0/s1. The first-order valence-electron chi connectivity index (χ1n) is 15.2. The molecule has 1 heterocycles. The van der Waals surface area contributed by atoms with E-state index in [2.05, 4.69) is 10.6 Å². The molecule has 0 radical (unpaired) electrons. The van der Waals surface area contributed by atoms with Crippen LogP contribution in [-0.4, -0.2) is 82.9 Å². The van der Waals surface area contributed by atoms with Crippen molar-refractivity contribution in [3.8, 4) is 0 Å². The summed E-state index contributed by atoms with van der Waals surface area (Å²) in [5, 5.41) is 6.52. The zero-order valence-electron chi connectivity index (χ0n) is 27.1. The van der Waals surface area contributed by atoms with Crippen molar-refractivity contribution in [1.29, 1.82) is 0 Å². The summed E-state index contributed by atoms with van der Waals surface area (Å²) in [7, 11) is 0. The SMILES string of the molecule is CC(C)(C)OC(=O)C(NC(=O)N[C@H](C(=O)N1C[C@H]2[C@@H]([C@H]1C(=O)NC(CC1CCC1)C(=O)C(N)=O)C2(C)C)C(C)(C)C)C(F)(F)F. The van der Waals surface area contributed by atoms with Crippen LogP contribution in [0.5, 0.6) is 0 Å². The number of carbonyl (C=O) groups is 6. The molecule has 254 valence electrons. The predicted molar refractivity (Wildman–Crippen MR) is 155 cm³/mol. The molecule has 6 atom stereocenters. The van der Waals surface area contributed by atoms with Crippen LogP contribution >= 0.6 is 0 Å². The molecule has 45 heavy (non-hydrogen) atoms. The summed E-state index contributed by atoms with van der Waals surface area (Å²) in [6.07, 6.45) is -2.31. The van der Waals surface area contributed by atoms with Gasteiger partial charge in [-0.25, -0.2) is 9.59 Å². The molecule has 0 bridgehead atoms. The molecule has 5 N–H and O–H groups in total. The number of likely N-dealkylation sites (tertiary alicyclic amines) is 1. The van der Waals surface area contributed by atoms with Gasteiger partial charge in [-0.3, -0.25) is 19.2 Å². The van der Waals surface area contributed by atoms with E-state index >= 15 is 0 Å². The first-order chi connectivity index (χ1) is 20.4. The number of alkyl halides is 3. The molecule has 0 aromatic rings. The average molecular weight is 646 g/mol. The molecule has 0 aromatic heterocycles. The molecule has 2 unspecified atom stereocenters. The minimum absolute atomic E-state index is 0.0923. The molecule has 3 aliphatic rings. The number of hydrogen-bond donors (Lipinski definition) is 4. The minimum Gasteiger partial charge on any atom is -0.458 e. The van der Waals surface area contributed by atoms with Crippen molar-refractivity contribution in [1.82, 2.24) is 20.9 Å². The van der Waals surface area contributed by atoms with Crippen molar-refractivity contribution in [3.05, 3.63) is 0 Å². The van der Waals surface area contributed by atoms with Gasteiger partial charge in [0.2, 0.25) is 23.6 Å². The second-order valence-corrected chi connectivity index (χ2v) is 15.1. The first kappa shape index (κ1) is 36.1. The molecule has 3 fully saturated rings. The largest absolute Gasteiger partial charge is 0.458 e. The molecule has 3 rings (SSSR count).